The standard InChI is InChI=1S/C21H26N4O.C2HF3O2/c1-16-7-8-18-17(14-16)21(15-25(18)20(26)23(2)3)9-12-24(13-10-21)19-6-4-5-11-22-19;3-2(4,5)1(6)7/h4-8,11,14H,9-10,12-13,15H2,1-3H3;(H,6,7). The van der Waals surface area contributed by atoms with E-state index in [2.05, 4.69) is 41.1 Å². The minimum atomic E-state index is -5.08. The average Bonchev–Trinajstić information content (AvgIpc) is 3.07. The van der Waals surface area contributed by atoms with Crippen molar-refractivity contribution in [2.45, 2.75) is 31.4 Å². The van der Waals surface area contributed by atoms with Crippen molar-refractivity contribution in [1.82, 2.24) is 9.88 Å². The zero-order valence-electron chi connectivity index (χ0n) is 18.8. The quantitative estimate of drug-likeness (QED) is 0.689. The number of piperidine rings is 1. The number of alkyl halides is 3. The summed E-state index contributed by atoms with van der Waals surface area (Å²) in [5.41, 5.74) is 3.74. The van der Waals surface area contributed by atoms with Crippen molar-refractivity contribution in [3.63, 3.8) is 0 Å². The second kappa shape index (κ2) is 9.29. The van der Waals surface area contributed by atoms with Crippen LogP contribution in [-0.4, -0.2) is 66.9 Å². The second-order valence-corrected chi connectivity index (χ2v) is 8.54. The lowest BCUT2D eigenvalue weighted by Crippen LogP contribution is -2.47. The Morgan fingerprint density at radius 2 is 1.76 bits per heavy atom. The van der Waals surface area contributed by atoms with Gasteiger partial charge in [-0.2, -0.15) is 13.2 Å². The summed E-state index contributed by atoms with van der Waals surface area (Å²) in [5, 5.41) is 7.12. The van der Waals surface area contributed by atoms with E-state index in [1.807, 2.05) is 37.3 Å². The Labute approximate surface area is 190 Å². The molecule has 0 radical (unpaired) electrons. The molecule has 2 aliphatic rings. The number of carboxylic acid groups (broad SMARTS) is 1. The molecule has 1 saturated heterocycles. The highest BCUT2D eigenvalue weighted by Gasteiger charge is 2.46. The van der Waals surface area contributed by atoms with E-state index in [0.717, 1.165) is 44.0 Å². The van der Waals surface area contributed by atoms with Crippen LogP contribution in [0.5, 0.6) is 0 Å². The molecule has 1 N–H and O–H groups in total. The van der Waals surface area contributed by atoms with Crippen LogP contribution in [0.2, 0.25) is 0 Å². The topological polar surface area (TPSA) is 77.0 Å². The first-order chi connectivity index (χ1) is 15.4. The normalized spacial score (nSPS) is 16.7. The van der Waals surface area contributed by atoms with E-state index >= 15 is 0 Å². The Morgan fingerprint density at radius 3 is 2.27 bits per heavy atom. The number of aryl methyl sites for hydroxylation is 1. The van der Waals surface area contributed by atoms with Gasteiger partial charge in [-0.05, 0) is 43.5 Å². The lowest BCUT2D eigenvalue weighted by molar-refractivity contribution is -0.192. The van der Waals surface area contributed by atoms with Gasteiger partial charge in [0.1, 0.15) is 5.82 Å². The Hall–Kier alpha value is -3.30. The summed E-state index contributed by atoms with van der Waals surface area (Å²) in [4.78, 5) is 32.1. The fourth-order valence-electron chi connectivity index (χ4n) is 4.33. The molecule has 4 rings (SSSR count). The van der Waals surface area contributed by atoms with E-state index in [1.54, 1.807) is 4.90 Å². The first-order valence-corrected chi connectivity index (χ1v) is 10.5. The van der Waals surface area contributed by atoms with Crippen molar-refractivity contribution in [2.75, 3.05) is 43.5 Å². The third kappa shape index (κ3) is 5.20. The number of carbonyl (C=O) groups excluding carboxylic acids is 1. The summed E-state index contributed by atoms with van der Waals surface area (Å²) in [6.07, 6.45) is -1.15. The summed E-state index contributed by atoms with van der Waals surface area (Å²) in [7, 11) is 3.65. The maximum atomic E-state index is 12.7. The number of carbonyl (C=O) groups is 2. The maximum Gasteiger partial charge on any atom is 0.490 e. The number of hydrogen-bond donors (Lipinski definition) is 1. The summed E-state index contributed by atoms with van der Waals surface area (Å²) < 4.78 is 31.7. The third-order valence-corrected chi connectivity index (χ3v) is 6.02. The van der Waals surface area contributed by atoms with Crippen LogP contribution in [0.3, 0.4) is 0 Å². The smallest absolute Gasteiger partial charge is 0.475 e. The van der Waals surface area contributed by atoms with Crippen LogP contribution in [0.4, 0.5) is 29.5 Å². The Morgan fingerprint density at radius 1 is 1.12 bits per heavy atom. The van der Waals surface area contributed by atoms with Crippen LogP contribution in [0.1, 0.15) is 24.0 Å². The molecule has 10 heteroatoms. The molecule has 2 aromatic rings. The Balaban J connectivity index is 0.000000383. The minimum absolute atomic E-state index is 0.0539. The number of anilines is 2. The molecule has 0 bridgehead atoms. The number of halogens is 3. The van der Waals surface area contributed by atoms with Gasteiger partial charge in [-0.1, -0.05) is 23.8 Å². The van der Waals surface area contributed by atoms with Crippen LogP contribution in [0, 0.1) is 6.92 Å². The van der Waals surface area contributed by atoms with Crippen molar-refractivity contribution in [3.05, 3.63) is 53.7 Å². The zero-order chi connectivity index (χ0) is 24.4. The van der Waals surface area contributed by atoms with Gasteiger partial charge in [-0.3, -0.25) is 4.90 Å². The zero-order valence-corrected chi connectivity index (χ0v) is 18.8. The van der Waals surface area contributed by atoms with E-state index in [4.69, 9.17) is 9.90 Å². The number of carboxylic acids is 1. The van der Waals surface area contributed by atoms with Gasteiger partial charge in [0.2, 0.25) is 0 Å². The van der Waals surface area contributed by atoms with Gasteiger partial charge >= 0.3 is 18.2 Å². The summed E-state index contributed by atoms with van der Waals surface area (Å²) in [5.74, 6) is -1.71. The van der Waals surface area contributed by atoms with Crippen molar-refractivity contribution < 1.29 is 27.9 Å². The van der Waals surface area contributed by atoms with Gasteiger partial charge in [0.15, 0.2) is 0 Å². The first kappa shape index (κ1) is 24.3. The van der Waals surface area contributed by atoms with Crippen LogP contribution in [0.25, 0.3) is 0 Å². The largest absolute Gasteiger partial charge is 0.490 e. The number of amides is 2. The molecule has 0 unspecified atom stereocenters. The first-order valence-electron chi connectivity index (χ1n) is 10.5. The fourth-order valence-corrected chi connectivity index (χ4v) is 4.33. The summed E-state index contributed by atoms with van der Waals surface area (Å²) in [6.45, 7) is 4.84. The molecule has 33 heavy (non-hydrogen) atoms. The van der Waals surface area contributed by atoms with Crippen LogP contribution in [-0.2, 0) is 10.2 Å². The molecule has 3 heterocycles. The van der Waals surface area contributed by atoms with Gasteiger partial charge in [0.05, 0.1) is 0 Å². The van der Waals surface area contributed by atoms with E-state index in [1.165, 1.54) is 11.1 Å². The van der Waals surface area contributed by atoms with Gasteiger partial charge in [-0.15, -0.1) is 0 Å². The molecular weight excluding hydrogens is 437 g/mol. The number of nitrogens with zero attached hydrogens (tertiary/aromatic N) is 4. The molecule has 1 aromatic heterocycles. The predicted molar refractivity (Wildman–Crippen MR) is 119 cm³/mol. The highest BCUT2D eigenvalue weighted by molar-refractivity contribution is 5.95. The van der Waals surface area contributed by atoms with Gasteiger partial charge in [-0.25, -0.2) is 14.6 Å². The predicted octanol–water partition coefficient (Wildman–Crippen LogP) is 4.06. The molecule has 2 aliphatic heterocycles. The molecule has 178 valence electrons. The van der Waals surface area contributed by atoms with Crippen LogP contribution < -0.4 is 9.80 Å². The van der Waals surface area contributed by atoms with Gasteiger partial charge < -0.3 is 14.9 Å². The lowest BCUT2D eigenvalue weighted by Gasteiger charge is -2.40. The number of rotatable bonds is 1. The molecular formula is C23H27F3N4O3. The number of hydrogen-bond acceptors (Lipinski definition) is 4. The highest BCUT2D eigenvalue weighted by Crippen LogP contribution is 2.48. The van der Waals surface area contributed by atoms with Crippen molar-refractivity contribution in [2.24, 2.45) is 0 Å². The maximum absolute atomic E-state index is 12.7. The van der Waals surface area contributed by atoms with Crippen molar-refractivity contribution in [3.8, 4) is 0 Å². The van der Waals surface area contributed by atoms with E-state index in [-0.39, 0.29) is 11.4 Å². The number of benzene rings is 1. The molecule has 0 saturated carbocycles. The molecule has 0 atom stereocenters. The van der Waals surface area contributed by atoms with Crippen molar-refractivity contribution in [1.29, 1.82) is 0 Å². The summed E-state index contributed by atoms with van der Waals surface area (Å²) in [6, 6.07) is 12.7. The molecule has 2 amide bonds. The number of pyridine rings is 1. The number of aliphatic carboxylic acids is 1. The van der Waals surface area contributed by atoms with Crippen LogP contribution in [0.15, 0.2) is 42.6 Å². The number of urea groups is 1. The van der Waals surface area contributed by atoms with Crippen LogP contribution >= 0.6 is 0 Å². The molecule has 1 aromatic carbocycles. The van der Waals surface area contributed by atoms with Crippen molar-refractivity contribution >= 4 is 23.5 Å². The van der Waals surface area contributed by atoms with E-state index in [0.29, 0.717) is 0 Å². The van der Waals surface area contributed by atoms with Gasteiger partial charge in [0.25, 0.3) is 0 Å². The monoisotopic (exact) mass is 464 g/mol. The average molecular weight is 464 g/mol. The molecule has 1 fully saturated rings. The molecule has 7 nitrogen and oxygen atoms in total. The SMILES string of the molecule is Cc1ccc2c(c1)C1(CCN(c3ccccn3)CC1)CN2C(=O)N(C)C.O=C(O)C(F)(F)F. The molecule has 0 aliphatic carbocycles. The number of fused-ring (bicyclic) bond motifs is 2. The molecule has 1 spiro atoms. The van der Waals surface area contributed by atoms with E-state index < -0.39 is 12.1 Å². The Bertz CT molecular complexity index is 1000. The lowest BCUT2D eigenvalue weighted by atomic mass is 9.74. The number of aromatic nitrogens is 1. The minimum Gasteiger partial charge on any atom is -0.475 e. The van der Waals surface area contributed by atoms with Gasteiger partial charge in [0, 0.05) is 51.0 Å². The third-order valence-electron chi connectivity index (χ3n) is 6.02. The highest BCUT2D eigenvalue weighted by atomic mass is 19.4. The summed E-state index contributed by atoms with van der Waals surface area (Å²) >= 11 is 0. The van der Waals surface area contributed by atoms with E-state index in [9.17, 15) is 18.0 Å². The fraction of sp³-hybridized carbons (Fsp3) is 0.435. The Kier molecular flexibility index (Phi) is 6.85. The second-order valence-electron chi connectivity index (χ2n) is 8.54.